The minimum absolute atomic E-state index is 0.0291. The van der Waals surface area contributed by atoms with Gasteiger partial charge >= 0.3 is 5.69 Å². The minimum Gasteiger partial charge on any atom is -0.355 e. The predicted octanol–water partition coefficient (Wildman–Crippen LogP) is 2.70. The molecule has 0 saturated heterocycles. The molecule has 6 nitrogen and oxygen atoms in total. The number of carbonyl (C=O) groups is 1. The van der Waals surface area contributed by atoms with Crippen LogP contribution in [-0.4, -0.2) is 26.6 Å². The van der Waals surface area contributed by atoms with E-state index in [4.69, 9.17) is 0 Å². The highest BCUT2D eigenvalue weighted by atomic mass is 32.1. The molecule has 0 atom stereocenters. The molecule has 0 aliphatic carbocycles. The fraction of sp³-hybridized carbons (Fsp3) is 0.250. The van der Waals surface area contributed by atoms with Crippen LogP contribution in [0.25, 0.3) is 21.3 Å². The number of hydrogen-bond donors (Lipinski definition) is 1. The molecule has 4 aromatic rings. The van der Waals surface area contributed by atoms with Crippen LogP contribution >= 0.6 is 11.3 Å². The molecule has 138 valence electrons. The predicted molar refractivity (Wildman–Crippen MR) is 108 cm³/mol. The maximum atomic E-state index is 12.4. The van der Waals surface area contributed by atoms with Crippen LogP contribution < -0.4 is 11.0 Å². The van der Waals surface area contributed by atoms with Gasteiger partial charge in [-0.1, -0.05) is 24.3 Å². The fourth-order valence-corrected chi connectivity index (χ4v) is 4.22. The SMILES string of the molecule is Cn1c(=O)n(CC(=O)NCCCc2nc3ccccc3s2)c2ccccc21. The smallest absolute Gasteiger partial charge is 0.329 e. The van der Waals surface area contributed by atoms with E-state index in [0.29, 0.717) is 6.54 Å². The Kier molecular flexibility index (Phi) is 4.77. The average molecular weight is 380 g/mol. The Hall–Kier alpha value is -2.93. The topological polar surface area (TPSA) is 68.9 Å². The lowest BCUT2D eigenvalue weighted by Gasteiger charge is -2.05. The lowest BCUT2D eigenvalue weighted by atomic mass is 10.3. The highest BCUT2D eigenvalue weighted by Crippen LogP contribution is 2.22. The summed E-state index contributed by atoms with van der Waals surface area (Å²) in [7, 11) is 1.72. The Morgan fingerprint density at radius 2 is 1.85 bits per heavy atom. The second-order valence-electron chi connectivity index (χ2n) is 6.45. The third-order valence-electron chi connectivity index (χ3n) is 4.58. The molecule has 0 fully saturated rings. The van der Waals surface area contributed by atoms with E-state index in [2.05, 4.69) is 16.4 Å². The van der Waals surface area contributed by atoms with Crippen LogP contribution in [0.3, 0.4) is 0 Å². The molecule has 0 spiro atoms. The standard InChI is InChI=1S/C20H20N4O2S/c1-23-15-8-3-4-9-16(15)24(20(23)26)13-18(25)21-12-6-11-19-22-14-7-2-5-10-17(14)27-19/h2-5,7-10H,6,11-13H2,1H3,(H,21,25). The quantitative estimate of drug-likeness (QED) is 0.523. The second kappa shape index (κ2) is 7.36. The van der Waals surface area contributed by atoms with E-state index >= 15 is 0 Å². The van der Waals surface area contributed by atoms with Crippen molar-refractivity contribution < 1.29 is 4.79 Å². The summed E-state index contributed by atoms with van der Waals surface area (Å²) in [5.41, 5.74) is 2.44. The van der Waals surface area contributed by atoms with Gasteiger partial charge in [-0.25, -0.2) is 9.78 Å². The molecule has 2 aromatic heterocycles. The van der Waals surface area contributed by atoms with Crippen LogP contribution in [-0.2, 0) is 24.8 Å². The van der Waals surface area contributed by atoms with Crippen LogP contribution in [0, 0.1) is 0 Å². The van der Waals surface area contributed by atoms with Crippen molar-refractivity contribution in [1.82, 2.24) is 19.4 Å². The van der Waals surface area contributed by atoms with E-state index in [1.807, 2.05) is 42.5 Å². The van der Waals surface area contributed by atoms with Crippen molar-refractivity contribution in [2.45, 2.75) is 19.4 Å². The Labute approximate surface area is 160 Å². The summed E-state index contributed by atoms with van der Waals surface area (Å²) in [6, 6.07) is 15.6. The number of nitrogens with one attached hydrogen (secondary N) is 1. The van der Waals surface area contributed by atoms with Crippen molar-refractivity contribution >= 4 is 38.5 Å². The number of hydrogen-bond acceptors (Lipinski definition) is 4. The summed E-state index contributed by atoms with van der Waals surface area (Å²) in [5.74, 6) is -0.155. The van der Waals surface area contributed by atoms with Gasteiger partial charge in [0, 0.05) is 20.0 Å². The van der Waals surface area contributed by atoms with Gasteiger partial charge in [-0.05, 0) is 30.7 Å². The number of rotatable bonds is 6. The zero-order chi connectivity index (χ0) is 18.8. The molecule has 0 aliphatic heterocycles. The van der Waals surface area contributed by atoms with Gasteiger partial charge in [0.2, 0.25) is 5.91 Å². The molecule has 0 aliphatic rings. The maximum Gasteiger partial charge on any atom is 0.329 e. The van der Waals surface area contributed by atoms with Crippen LogP contribution in [0.5, 0.6) is 0 Å². The Morgan fingerprint density at radius 1 is 1.11 bits per heavy atom. The van der Waals surface area contributed by atoms with E-state index in [0.717, 1.165) is 34.4 Å². The van der Waals surface area contributed by atoms with Gasteiger partial charge in [0.15, 0.2) is 0 Å². The van der Waals surface area contributed by atoms with Crippen molar-refractivity contribution in [3.63, 3.8) is 0 Å². The summed E-state index contributed by atoms with van der Waals surface area (Å²) in [5, 5.41) is 3.98. The van der Waals surface area contributed by atoms with Crippen molar-refractivity contribution in [3.05, 3.63) is 64.0 Å². The largest absolute Gasteiger partial charge is 0.355 e. The number of fused-ring (bicyclic) bond motifs is 2. The molecule has 0 unspecified atom stereocenters. The van der Waals surface area contributed by atoms with E-state index in [1.54, 1.807) is 23.0 Å². The molecule has 0 saturated carbocycles. The zero-order valence-corrected chi connectivity index (χ0v) is 15.8. The van der Waals surface area contributed by atoms with Gasteiger partial charge in [0.05, 0.1) is 26.3 Å². The molecular weight excluding hydrogens is 360 g/mol. The number of nitrogens with zero attached hydrogens (tertiary/aromatic N) is 3. The average Bonchev–Trinajstić information content (AvgIpc) is 3.20. The van der Waals surface area contributed by atoms with Crippen LogP contribution in [0.4, 0.5) is 0 Å². The van der Waals surface area contributed by atoms with Crippen molar-refractivity contribution in [1.29, 1.82) is 0 Å². The normalized spacial score (nSPS) is 11.3. The third kappa shape index (κ3) is 3.50. The van der Waals surface area contributed by atoms with Crippen molar-refractivity contribution in [2.75, 3.05) is 6.54 Å². The maximum absolute atomic E-state index is 12.4. The lowest BCUT2D eigenvalue weighted by molar-refractivity contribution is -0.121. The second-order valence-corrected chi connectivity index (χ2v) is 7.56. The van der Waals surface area contributed by atoms with E-state index in [9.17, 15) is 9.59 Å². The molecule has 7 heteroatoms. The fourth-order valence-electron chi connectivity index (χ4n) is 3.21. The van der Waals surface area contributed by atoms with Gasteiger partial charge in [-0.2, -0.15) is 0 Å². The van der Waals surface area contributed by atoms with Crippen LogP contribution in [0.2, 0.25) is 0 Å². The number of aryl methyl sites for hydroxylation is 2. The summed E-state index contributed by atoms with van der Waals surface area (Å²) < 4.78 is 4.26. The van der Waals surface area contributed by atoms with Gasteiger partial charge in [0.25, 0.3) is 0 Å². The van der Waals surface area contributed by atoms with Crippen molar-refractivity contribution in [2.24, 2.45) is 7.05 Å². The molecule has 0 radical (unpaired) electrons. The molecule has 4 rings (SSSR count). The molecule has 0 bridgehead atoms. The van der Waals surface area contributed by atoms with Gasteiger partial charge in [-0.3, -0.25) is 13.9 Å². The highest BCUT2D eigenvalue weighted by molar-refractivity contribution is 7.18. The summed E-state index contributed by atoms with van der Waals surface area (Å²) in [6.45, 7) is 0.593. The molecule has 1 amide bonds. The number of imidazole rings is 1. The first-order chi connectivity index (χ1) is 13.1. The minimum atomic E-state index is -0.180. The number of para-hydroxylation sites is 3. The molecular formula is C20H20N4O2S. The highest BCUT2D eigenvalue weighted by Gasteiger charge is 2.13. The molecule has 2 heterocycles. The third-order valence-corrected chi connectivity index (χ3v) is 5.68. The van der Waals surface area contributed by atoms with Crippen LogP contribution in [0.15, 0.2) is 53.3 Å². The number of benzene rings is 2. The molecule has 1 N–H and O–H groups in total. The van der Waals surface area contributed by atoms with E-state index < -0.39 is 0 Å². The first-order valence-corrected chi connectivity index (χ1v) is 9.70. The summed E-state index contributed by atoms with van der Waals surface area (Å²) >= 11 is 1.69. The van der Waals surface area contributed by atoms with Gasteiger partial charge in [-0.15, -0.1) is 11.3 Å². The number of thiazole rings is 1. The zero-order valence-electron chi connectivity index (χ0n) is 15.0. The molecule has 27 heavy (non-hydrogen) atoms. The summed E-state index contributed by atoms with van der Waals surface area (Å²) in [4.78, 5) is 29.2. The lowest BCUT2D eigenvalue weighted by Crippen LogP contribution is -2.33. The number of amides is 1. The van der Waals surface area contributed by atoms with Gasteiger partial charge in [0.1, 0.15) is 6.54 Å². The van der Waals surface area contributed by atoms with E-state index in [-0.39, 0.29) is 18.1 Å². The number of aromatic nitrogens is 3. The van der Waals surface area contributed by atoms with Gasteiger partial charge < -0.3 is 5.32 Å². The monoisotopic (exact) mass is 380 g/mol. The Bertz CT molecular complexity index is 1140. The number of carbonyl (C=O) groups excluding carboxylic acids is 1. The van der Waals surface area contributed by atoms with E-state index in [1.165, 1.54) is 9.27 Å². The summed E-state index contributed by atoms with van der Waals surface area (Å²) in [6.07, 6.45) is 1.64. The Morgan fingerprint density at radius 3 is 2.67 bits per heavy atom. The Balaban J connectivity index is 1.34. The first-order valence-electron chi connectivity index (χ1n) is 8.89. The molecule has 2 aromatic carbocycles. The van der Waals surface area contributed by atoms with Crippen LogP contribution in [0.1, 0.15) is 11.4 Å². The first kappa shape index (κ1) is 17.5. The van der Waals surface area contributed by atoms with Crippen molar-refractivity contribution in [3.8, 4) is 0 Å².